The van der Waals surface area contributed by atoms with Crippen molar-refractivity contribution in [3.05, 3.63) is 85.3 Å². The number of benzene rings is 2. The number of nitrogens with zero attached hydrogens (tertiary/aromatic N) is 2. The third-order valence-corrected chi connectivity index (χ3v) is 7.29. The van der Waals surface area contributed by atoms with Gasteiger partial charge in [0.05, 0.1) is 22.5 Å². The van der Waals surface area contributed by atoms with Crippen LogP contribution in [0.15, 0.2) is 57.6 Å². The average Bonchev–Trinajstić information content (AvgIpc) is 2.88. The molecule has 3 aromatic rings. The lowest BCUT2D eigenvalue weighted by Gasteiger charge is -2.36. The van der Waals surface area contributed by atoms with Crippen molar-refractivity contribution in [1.82, 2.24) is 4.98 Å². The van der Waals surface area contributed by atoms with Gasteiger partial charge in [-0.05, 0) is 68.3 Å². The Hall–Kier alpha value is -2.92. The lowest BCUT2D eigenvalue weighted by atomic mass is 9.87. The SMILES string of the molecule is CN(C(=O)c1cccnc1Cl)c1cccc(C(=O)Nc2c(Br)cc(C(F)(C(F)(F)F)C(F)(F)C(F)(F)F)cc2Br)c1F. The number of halogens is 13. The molecule has 42 heavy (non-hydrogen) atoms. The molecule has 0 saturated heterocycles. The monoisotopic (exact) mass is 757 g/mol. The molecule has 1 unspecified atom stereocenters. The van der Waals surface area contributed by atoms with Crippen molar-refractivity contribution in [2.75, 3.05) is 17.3 Å². The molecule has 0 aliphatic rings. The summed E-state index contributed by atoms with van der Waals surface area (Å²) >= 11 is 11.1. The summed E-state index contributed by atoms with van der Waals surface area (Å²) in [5, 5.41) is 1.84. The number of amides is 2. The van der Waals surface area contributed by atoms with Gasteiger partial charge in [0.25, 0.3) is 11.8 Å². The second-order valence-corrected chi connectivity index (χ2v) is 10.4. The molecule has 1 atom stereocenters. The summed E-state index contributed by atoms with van der Waals surface area (Å²) in [4.78, 5) is 30.2. The van der Waals surface area contributed by atoms with Crippen molar-refractivity contribution < 1.29 is 53.5 Å². The van der Waals surface area contributed by atoms with Crippen LogP contribution in [0.1, 0.15) is 26.3 Å². The average molecular weight is 760 g/mol. The summed E-state index contributed by atoms with van der Waals surface area (Å²) in [5.41, 5.74) is -10.2. The molecule has 0 aliphatic heterocycles. The zero-order chi connectivity index (χ0) is 32.0. The number of aromatic nitrogens is 1. The maximum atomic E-state index is 15.4. The molecule has 1 heterocycles. The van der Waals surface area contributed by atoms with Crippen LogP contribution < -0.4 is 10.2 Å². The van der Waals surface area contributed by atoms with E-state index in [0.29, 0.717) is 0 Å². The molecular weight excluding hydrogens is 748 g/mol. The summed E-state index contributed by atoms with van der Waals surface area (Å²) < 4.78 is 135. The quantitative estimate of drug-likeness (QED) is 0.202. The highest BCUT2D eigenvalue weighted by Gasteiger charge is 2.81. The fourth-order valence-corrected chi connectivity index (χ4v) is 5.17. The summed E-state index contributed by atoms with van der Waals surface area (Å²) in [7, 11) is 1.15. The van der Waals surface area contributed by atoms with E-state index in [9.17, 15) is 49.1 Å². The van der Waals surface area contributed by atoms with E-state index < -0.39 is 73.0 Å². The molecular formula is C24H12Br2ClF10N3O2. The zero-order valence-corrected chi connectivity index (χ0v) is 24.2. The maximum Gasteiger partial charge on any atom is 0.457 e. The largest absolute Gasteiger partial charge is 0.457 e. The van der Waals surface area contributed by atoms with Crippen LogP contribution in [-0.4, -0.2) is 42.1 Å². The normalized spacial score (nSPS) is 13.9. The standard InChI is InChI=1S/C24H12Br2ClF10N3O2/c1-40(20(42)12-5-3-7-38-18(12)27)15-6-2-4-11(16(15)28)19(41)39-17-13(25)8-10(9-14(17)26)21(29,23(32,33)34)22(30,31)24(35,36)37/h2-9H,1H3,(H,39,41). The highest BCUT2D eigenvalue weighted by molar-refractivity contribution is 9.11. The van der Waals surface area contributed by atoms with Crippen molar-refractivity contribution >= 4 is 66.6 Å². The van der Waals surface area contributed by atoms with Gasteiger partial charge >= 0.3 is 23.9 Å². The molecule has 0 aliphatic carbocycles. The van der Waals surface area contributed by atoms with Crippen LogP contribution >= 0.6 is 43.5 Å². The molecule has 18 heteroatoms. The van der Waals surface area contributed by atoms with E-state index in [2.05, 4.69) is 36.8 Å². The van der Waals surface area contributed by atoms with Crippen LogP contribution in [0.25, 0.3) is 0 Å². The predicted molar refractivity (Wildman–Crippen MR) is 138 cm³/mol. The van der Waals surface area contributed by atoms with Gasteiger partial charge in [-0.15, -0.1) is 0 Å². The summed E-state index contributed by atoms with van der Waals surface area (Å²) in [6, 6.07) is 5.84. The number of rotatable bonds is 6. The van der Waals surface area contributed by atoms with Gasteiger partial charge in [0.1, 0.15) is 5.15 Å². The van der Waals surface area contributed by atoms with Crippen molar-refractivity contribution in [2.24, 2.45) is 0 Å². The molecule has 1 N–H and O–H groups in total. The lowest BCUT2D eigenvalue weighted by molar-refractivity contribution is -0.389. The Labute approximate surface area is 251 Å². The van der Waals surface area contributed by atoms with E-state index in [1.165, 1.54) is 18.3 Å². The molecule has 3 rings (SSSR count). The van der Waals surface area contributed by atoms with Crippen LogP contribution in [0, 0.1) is 5.82 Å². The summed E-state index contributed by atoms with van der Waals surface area (Å²) in [6.45, 7) is 0. The molecule has 226 valence electrons. The topological polar surface area (TPSA) is 62.3 Å². The highest BCUT2D eigenvalue weighted by Crippen LogP contribution is 2.59. The zero-order valence-electron chi connectivity index (χ0n) is 20.2. The number of alkyl halides is 9. The minimum absolute atomic E-state index is 0.0373. The molecule has 1 aromatic heterocycles. The van der Waals surface area contributed by atoms with Gasteiger partial charge in [-0.25, -0.2) is 13.8 Å². The summed E-state index contributed by atoms with van der Waals surface area (Å²) in [5.74, 6) is -10.3. The van der Waals surface area contributed by atoms with Crippen LogP contribution in [0.2, 0.25) is 5.15 Å². The number of carbonyl (C=O) groups is 2. The Balaban J connectivity index is 2.01. The Morgan fingerprint density at radius 1 is 0.881 bits per heavy atom. The van der Waals surface area contributed by atoms with Gasteiger partial charge in [0.15, 0.2) is 5.82 Å². The van der Waals surface area contributed by atoms with Gasteiger partial charge in [0.2, 0.25) is 0 Å². The van der Waals surface area contributed by atoms with E-state index in [0.717, 1.165) is 30.1 Å². The van der Waals surface area contributed by atoms with E-state index >= 15 is 4.39 Å². The third-order valence-electron chi connectivity index (χ3n) is 5.74. The van der Waals surface area contributed by atoms with Gasteiger partial charge in [-0.1, -0.05) is 17.7 Å². The predicted octanol–water partition coefficient (Wildman–Crippen LogP) is 8.85. The molecule has 0 saturated carbocycles. The first-order valence-corrected chi connectivity index (χ1v) is 12.8. The minimum Gasteiger partial charge on any atom is -0.320 e. The van der Waals surface area contributed by atoms with Crippen LogP contribution in [0.3, 0.4) is 0 Å². The fourth-order valence-electron chi connectivity index (χ4n) is 3.58. The molecule has 0 bridgehead atoms. The van der Waals surface area contributed by atoms with Crippen molar-refractivity contribution in [3.8, 4) is 0 Å². The second-order valence-electron chi connectivity index (χ2n) is 8.34. The van der Waals surface area contributed by atoms with Crippen molar-refractivity contribution in [2.45, 2.75) is 23.9 Å². The van der Waals surface area contributed by atoms with Gasteiger partial charge in [-0.2, -0.15) is 35.1 Å². The van der Waals surface area contributed by atoms with Crippen LogP contribution in [0.5, 0.6) is 0 Å². The number of anilines is 2. The van der Waals surface area contributed by atoms with Crippen LogP contribution in [-0.2, 0) is 5.67 Å². The summed E-state index contributed by atoms with van der Waals surface area (Å²) in [6.07, 6.45) is -12.4. The Bertz CT molecular complexity index is 1530. The second kappa shape index (κ2) is 11.6. The van der Waals surface area contributed by atoms with E-state index in [4.69, 9.17) is 11.6 Å². The fraction of sp³-hybridized carbons (Fsp3) is 0.208. The van der Waals surface area contributed by atoms with Gasteiger partial charge < -0.3 is 10.2 Å². The molecule has 0 spiro atoms. The first kappa shape index (κ1) is 33.6. The van der Waals surface area contributed by atoms with Crippen LogP contribution in [0.4, 0.5) is 55.3 Å². The Kier molecular flexibility index (Phi) is 9.30. The van der Waals surface area contributed by atoms with Gasteiger partial charge in [-0.3, -0.25) is 9.59 Å². The number of carbonyl (C=O) groups excluding carboxylic acids is 2. The third kappa shape index (κ3) is 5.82. The molecule has 5 nitrogen and oxygen atoms in total. The number of hydrogen-bond donors (Lipinski definition) is 1. The first-order valence-electron chi connectivity index (χ1n) is 10.8. The van der Waals surface area contributed by atoms with Gasteiger partial charge in [0, 0.05) is 27.8 Å². The maximum absolute atomic E-state index is 15.4. The van der Waals surface area contributed by atoms with E-state index in [-0.39, 0.29) is 22.8 Å². The molecule has 2 aromatic carbocycles. The number of hydrogen-bond acceptors (Lipinski definition) is 3. The minimum atomic E-state index is -6.94. The smallest absolute Gasteiger partial charge is 0.320 e. The lowest BCUT2D eigenvalue weighted by Crippen LogP contribution is -2.59. The first-order chi connectivity index (χ1) is 19.2. The molecule has 0 fully saturated rings. The highest BCUT2D eigenvalue weighted by atomic mass is 79.9. The van der Waals surface area contributed by atoms with Crippen molar-refractivity contribution in [1.29, 1.82) is 0 Å². The Morgan fingerprint density at radius 2 is 1.43 bits per heavy atom. The molecule has 0 radical (unpaired) electrons. The van der Waals surface area contributed by atoms with E-state index in [1.807, 2.05) is 5.32 Å². The number of pyridine rings is 1. The van der Waals surface area contributed by atoms with Crippen molar-refractivity contribution in [3.63, 3.8) is 0 Å². The number of nitrogens with one attached hydrogen (secondary N) is 1. The Morgan fingerprint density at radius 3 is 1.93 bits per heavy atom. The van der Waals surface area contributed by atoms with E-state index in [1.54, 1.807) is 0 Å². The molecule has 2 amide bonds.